The molecule has 1 aromatic heterocycles. The van der Waals surface area contributed by atoms with Crippen LogP contribution in [0.3, 0.4) is 0 Å². The van der Waals surface area contributed by atoms with Crippen molar-refractivity contribution in [2.45, 2.75) is 31.8 Å². The summed E-state index contributed by atoms with van der Waals surface area (Å²) >= 11 is 1.67. The molecule has 5 heteroatoms. The van der Waals surface area contributed by atoms with Crippen molar-refractivity contribution in [1.82, 2.24) is 15.3 Å². The zero-order valence-corrected chi connectivity index (χ0v) is 10.6. The molecule has 1 atom stereocenters. The van der Waals surface area contributed by atoms with Crippen LogP contribution >= 0.6 is 11.3 Å². The molecule has 0 spiro atoms. The Morgan fingerprint density at radius 3 is 2.67 bits per heavy atom. The molecule has 0 bridgehead atoms. The minimum Gasteiger partial charge on any atom is -0.303 e. The minimum absolute atomic E-state index is 0.000417. The number of thiazole rings is 1. The maximum Gasteiger partial charge on any atom is 0.0941 e. The first-order valence-electron chi connectivity index (χ1n) is 5.00. The molecule has 0 aliphatic heterocycles. The molecule has 1 heterocycles. The Balaban J connectivity index is 2.71. The number of aromatic nitrogens is 1. The smallest absolute Gasteiger partial charge is 0.0941 e. The fraction of sp³-hybridized carbons (Fsp3) is 0.700. The van der Waals surface area contributed by atoms with Gasteiger partial charge in [-0.05, 0) is 27.9 Å². The highest BCUT2D eigenvalue weighted by atomic mass is 32.1. The van der Waals surface area contributed by atoms with E-state index in [1.807, 2.05) is 11.6 Å². The van der Waals surface area contributed by atoms with Gasteiger partial charge in [0.1, 0.15) is 0 Å². The van der Waals surface area contributed by atoms with Crippen molar-refractivity contribution < 1.29 is 0 Å². The fourth-order valence-electron chi connectivity index (χ4n) is 1.35. The van der Waals surface area contributed by atoms with Crippen molar-refractivity contribution in [2.24, 2.45) is 5.84 Å². The van der Waals surface area contributed by atoms with E-state index in [-0.39, 0.29) is 11.6 Å². The van der Waals surface area contributed by atoms with E-state index in [2.05, 4.69) is 43.3 Å². The Hall–Kier alpha value is -0.490. The lowest BCUT2D eigenvalue weighted by molar-refractivity contribution is 0.137. The SMILES string of the molecule is CN(C)C(C)(C)C(Cc1nccs1)NN. The van der Waals surface area contributed by atoms with Crippen LogP contribution in [0, 0.1) is 0 Å². The first-order chi connectivity index (χ1) is 6.98. The highest BCUT2D eigenvalue weighted by Crippen LogP contribution is 2.19. The van der Waals surface area contributed by atoms with Gasteiger partial charge in [-0.15, -0.1) is 11.3 Å². The third-order valence-corrected chi connectivity index (χ3v) is 3.87. The number of nitrogens with two attached hydrogens (primary N) is 1. The second-order valence-corrected chi connectivity index (χ2v) is 5.38. The molecule has 1 rings (SSSR count). The van der Waals surface area contributed by atoms with E-state index in [1.165, 1.54) is 0 Å². The van der Waals surface area contributed by atoms with Gasteiger partial charge in [-0.2, -0.15) is 0 Å². The molecule has 0 saturated heterocycles. The first-order valence-corrected chi connectivity index (χ1v) is 5.88. The van der Waals surface area contributed by atoms with Crippen molar-refractivity contribution in [3.63, 3.8) is 0 Å². The molecule has 1 aromatic rings. The monoisotopic (exact) mass is 228 g/mol. The summed E-state index contributed by atoms with van der Waals surface area (Å²) in [6.45, 7) is 4.34. The Morgan fingerprint density at radius 1 is 1.60 bits per heavy atom. The number of nitrogens with zero attached hydrogens (tertiary/aromatic N) is 2. The van der Waals surface area contributed by atoms with Crippen LogP contribution in [0.15, 0.2) is 11.6 Å². The number of hydrogen-bond donors (Lipinski definition) is 2. The minimum atomic E-state index is 0.000417. The van der Waals surface area contributed by atoms with Crippen LogP contribution in [-0.2, 0) is 6.42 Å². The molecule has 0 radical (unpaired) electrons. The molecule has 0 aliphatic rings. The van der Waals surface area contributed by atoms with Crippen LogP contribution in [0.2, 0.25) is 0 Å². The number of likely N-dealkylation sites (N-methyl/N-ethyl adjacent to an activating group) is 1. The normalized spacial score (nSPS) is 14.5. The van der Waals surface area contributed by atoms with Gasteiger partial charge >= 0.3 is 0 Å². The zero-order chi connectivity index (χ0) is 11.5. The molecule has 3 N–H and O–H groups in total. The van der Waals surface area contributed by atoms with E-state index in [1.54, 1.807) is 11.3 Å². The van der Waals surface area contributed by atoms with E-state index in [4.69, 9.17) is 5.84 Å². The van der Waals surface area contributed by atoms with Crippen LogP contribution in [0.4, 0.5) is 0 Å². The fourth-order valence-corrected chi connectivity index (χ4v) is 2.02. The molecule has 86 valence electrons. The summed E-state index contributed by atoms with van der Waals surface area (Å²) in [7, 11) is 4.12. The van der Waals surface area contributed by atoms with E-state index in [0.29, 0.717) is 0 Å². The lowest BCUT2D eigenvalue weighted by Crippen LogP contribution is -2.58. The average Bonchev–Trinajstić information content (AvgIpc) is 2.65. The van der Waals surface area contributed by atoms with Crippen molar-refractivity contribution in [3.8, 4) is 0 Å². The predicted octanol–water partition coefficient (Wildman–Crippen LogP) is 0.858. The summed E-state index contributed by atoms with van der Waals surface area (Å²) in [5.41, 5.74) is 2.89. The molecule has 0 amide bonds. The number of nitrogens with one attached hydrogen (secondary N) is 1. The van der Waals surface area contributed by atoms with Crippen LogP contribution < -0.4 is 11.3 Å². The van der Waals surface area contributed by atoms with Crippen molar-refractivity contribution in [2.75, 3.05) is 14.1 Å². The van der Waals surface area contributed by atoms with Gasteiger partial charge in [-0.3, -0.25) is 11.3 Å². The predicted molar refractivity (Wildman–Crippen MR) is 64.7 cm³/mol. The van der Waals surface area contributed by atoms with Gasteiger partial charge in [-0.1, -0.05) is 0 Å². The van der Waals surface area contributed by atoms with Crippen molar-refractivity contribution >= 4 is 11.3 Å². The summed E-state index contributed by atoms with van der Waals surface area (Å²) < 4.78 is 0. The topological polar surface area (TPSA) is 54.2 Å². The largest absolute Gasteiger partial charge is 0.303 e. The van der Waals surface area contributed by atoms with Crippen LogP contribution in [0.5, 0.6) is 0 Å². The highest BCUT2D eigenvalue weighted by molar-refractivity contribution is 7.09. The van der Waals surface area contributed by atoms with E-state index >= 15 is 0 Å². The van der Waals surface area contributed by atoms with Gasteiger partial charge in [0.2, 0.25) is 0 Å². The Kier molecular flexibility index (Phi) is 4.21. The maximum atomic E-state index is 5.61. The summed E-state index contributed by atoms with van der Waals surface area (Å²) in [4.78, 5) is 6.45. The van der Waals surface area contributed by atoms with Gasteiger partial charge < -0.3 is 4.90 Å². The van der Waals surface area contributed by atoms with Crippen LogP contribution in [0.1, 0.15) is 18.9 Å². The first kappa shape index (κ1) is 12.6. The molecule has 0 aliphatic carbocycles. The second kappa shape index (κ2) is 5.03. The van der Waals surface area contributed by atoms with Gasteiger partial charge in [0, 0.05) is 29.6 Å². The summed E-state index contributed by atoms with van der Waals surface area (Å²) in [5.74, 6) is 5.61. The van der Waals surface area contributed by atoms with E-state index in [0.717, 1.165) is 11.4 Å². The maximum absolute atomic E-state index is 5.61. The standard InChI is InChI=1S/C10H20N4S/c1-10(2,14(3)4)8(13-11)7-9-12-5-6-15-9/h5-6,8,13H,7,11H2,1-4H3. The summed E-state index contributed by atoms with van der Waals surface area (Å²) in [6, 6.07) is 0.193. The third-order valence-electron chi connectivity index (χ3n) is 3.07. The van der Waals surface area contributed by atoms with Crippen molar-refractivity contribution in [1.29, 1.82) is 0 Å². The molecule has 4 nitrogen and oxygen atoms in total. The van der Waals surface area contributed by atoms with E-state index < -0.39 is 0 Å². The molecule has 0 fully saturated rings. The molecule has 1 unspecified atom stereocenters. The molecule has 0 aromatic carbocycles. The Labute approximate surface area is 95.5 Å². The lowest BCUT2D eigenvalue weighted by Gasteiger charge is -2.39. The van der Waals surface area contributed by atoms with Gasteiger partial charge in [0.25, 0.3) is 0 Å². The Morgan fingerprint density at radius 2 is 2.27 bits per heavy atom. The van der Waals surface area contributed by atoms with E-state index in [9.17, 15) is 0 Å². The third kappa shape index (κ3) is 2.98. The van der Waals surface area contributed by atoms with Gasteiger partial charge in [0.05, 0.1) is 5.01 Å². The quantitative estimate of drug-likeness (QED) is 0.580. The van der Waals surface area contributed by atoms with Gasteiger partial charge in [0.15, 0.2) is 0 Å². The number of rotatable bonds is 5. The molecular formula is C10H20N4S. The molecule has 0 saturated carbocycles. The van der Waals surface area contributed by atoms with Crippen molar-refractivity contribution in [3.05, 3.63) is 16.6 Å². The molecular weight excluding hydrogens is 208 g/mol. The molecule has 15 heavy (non-hydrogen) atoms. The summed E-state index contributed by atoms with van der Waals surface area (Å²) in [5, 5.41) is 3.11. The highest BCUT2D eigenvalue weighted by Gasteiger charge is 2.31. The average molecular weight is 228 g/mol. The Bertz CT molecular complexity index is 282. The van der Waals surface area contributed by atoms with Gasteiger partial charge in [-0.25, -0.2) is 4.98 Å². The zero-order valence-electron chi connectivity index (χ0n) is 9.82. The number of hydrogen-bond acceptors (Lipinski definition) is 5. The lowest BCUT2D eigenvalue weighted by atomic mass is 9.91. The summed E-state index contributed by atoms with van der Waals surface area (Å²) in [6.07, 6.45) is 2.69. The number of hydrazine groups is 1. The second-order valence-electron chi connectivity index (χ2n) is 4.40. The van der Waals surface area contributed by atoms with Crippen LogP contribution in [-0.4, -0.2) is 35.6 Å². The van der Waals surface area contributed by atoms with Crippen LogP contribution in [0.25, 0.3) is 0 Å².